The maximum absolute atomic E-state index is 12.0. The number of hydrogen-bond acceptors (Lipinski definition) is 3. The Morgan fingerprint density at radius 1 is 1.28 bits per heavy atom. The molecule has 1 N–H and O–H groups in total. The van der Waals surface area contributed by atoms with Crippen LogP contribution < -0.4 is 0 Å². The van der Waals surface area contributed by atoms with Gasteiger partial charge >= 0.3 is 12.1 Å². The predicted octanol–water partition coefficient (Wildman–Crippen LogP) is 2.11. The van der Waals surface area contributed by atoms with Crippen molar-refractivity contribution in [3.63, 3.8) is 0 Å². The lowest BCUT2D eigenvalue weighted by Crippen LogP contribution is -2.45. The number of carbonyl (C=O) groups is 2. The van der Waals surface area contributed by atoms with Gasteiger partial charge in [-0.1, -0.05) is 6.42 Å². The van der Waals surface area contributed by atoms with Crippen molar-refractivity contribution in [2.45, 2.75) is 51.7 Å². The van der Waals surface area contributed by atoms with Gasteiger partial charge in [-0.25, -0.2) is 9.59 Å². The minimum atomic E-state index is -0.907. The molecule has 1 heterocycles. The molecule has 2 rings (SSSR count). The van der Waals surface area contributed by atoms with E-state index in [1.807, 2.05) is 0 Å². The van der Waals surface area contributed by atoms with Crippen molar-refractivity contribution < 1.29 is 19.4 Å². The topological polar surface area (TPSA) is 66.8 Å². The number of ether oxygens (including phenoxy) is 1. The standard InChI is InChI=1S/C13H21NO4/c1-13(2,3)18-12(17)14-7-8-5-4-6-9(8)10(14)11(15)16/h8-10H,4-7H2,1-3H3,(H,15,16)/t8-,9+,10+/m0/s1. The van der Waals surface area contributed by atoms with Crippen LogP contribution >= 0.6 is 0 Å². The van der Waals surface area contributed by atoms with Gasteiger partial charge in [0.25, 0.3) is 0 Å². The summed E-state index contributed by atoms with van der Waals surface area (Å²) in [6.45, 7) is 5.89. The normalized spacial score (nSPS) is 31.3. The Balaban J connectivity index is 2.12. The molecule has 1 aliphatic carbocycles. The molecule has 18 heavy (non-hydrogen) atoms. The SMILES string of the molecule is CC(C)(C)OC(=O)N1C[C@@H]2CCC[C@H]2[C@@H]1C(=O)O. The summed E-state index contributed by atoms with van der Waals surface area (Å²) in [7, 11) is 0. The molecule has 0 bridgehead atoms. The van der Waals surface area contributed by atoms with Crippen LogP contribution in [0.2, 0.25) is 0 Å². The van der Waals surface area contributed by atoms with E-state index in [2.05, 4.69) is 0 Å². The van der Waals surface area contributed by atoms with Gasteiger partial charge in [0.2, 0.25) is 0 Å². The fourth-order valence-electron chi connectivity index (χ4n) is 3.13. The van der Waals surface area contributed by atoms with E-state index in [0.717, 1.165) is 19.3 Å². The number of carboxylic acids is 1. The van der Waals surface area contributed by atoms with Gasteiger partial charge in [-0.15, -0.1) is 0 Å². The highest BCUT2D eigenvalue weighted by Gasteiger charge is 2.50. The van der Waals surface area contributed by atoms with Gasteiger partial charge in [-0.05, 0) is 45.4 Å². The van der Waals surface area contributed by atoms with E-state index in [4.69, 9.17) is 4.74 Å². The van der Waals surface area contributed by atoms with Crippen molar-refractivity contribution in [3.8, 4) is 0 Å². The van der Waals surface area contributed by atoms with Gasteiger partial charge in [0.15, 0.2) is 0 Å². The number of carboxylic acid groups (broad SMARTS) is 1. The molecule has 5 heteroatoms. The lowest BCUT2D eigenvalue weighted by atomic mass is 9.94. The number of rotatable bonds is 1. The summed E-state index contributed by atoms with van der Waals surface area (Å²) in [5, 5.41) is 9.33. The molecule has 3 atom stereocenters. The Labute approximate surface area is 107 Å². The summed E-state index contributed by atoms with van der Waals surface area (Å²) in [6, 6.07) is -0.702. The number of hydrogen-bond donors (Lipinski definition) is 1. The molecule has 2 aliphatic rings. The number of fused-ring (bicyclic) bond motifs is 1. The summed E-state index contributed by atoms with van der Waals surface area (Å²) in [4.78, 5) is 24.8. The molecule has 2 fully saturated rings. The fourth-order valence-corrected chi connectivity index (χ4v) is 3.13. The van der Waals surface area contributed by atoms with Crippen LogP contribution in [0.3, 0.4) is 0 Å². The van der Waals surface area contributed by atoms with Crippen molar-refractivity contribution in [1.82, 2.24) is 4.90 Å². The summed E-state index contributed by atoms with van der Waals surface area (Å²) < 4.78 is 5.29. The van der Waals surface area contributed by atoms with Crippen LogP contribution in [-0.4, -0.2) is 40.3 Å². The number of amides is 1. The zero-order valence-electron chi connectivity index (χ0n) is 11.2. The van der Waals surface area contributed by atoms with Crippen LogP contribution in [0.15, 0.2) is 0 Å². The van der Waals surface area contributed by atoms with Gasteiger partial charge in [0.1, 0.15) is 11.6 Å². The van der Waals surface area contributed by atoms with Gasteiger partial charge in [0.05, 0.1) is 0 Å². The first-order valence-corrected chi connectivity index (χ1v) is 6.52. The van der Waals surface area contributed by atoms with E-state index in [1.54, 1.807) is 20.8 Å². The molecule has 1 amide bonds. The van der Waals surface area contributed by atoms with Crippen LogP contribution in [0.5, 0.6) is 0 Å². The fraction of sp³-hybridized carbons (Fsp3) is 0.846. The van der Waals surface area contributed by atoms with Crippen molar-refractivity contribution in [2.24, 2.45) is 11.8 Å². The van der Waals surface area contributed by atoms with Crippen molar-refractivity contribution in [3.05, 3.63) is 0 Å². The van der Waals surface area contributed by atoms with Gasteiger partial charge < -0.3 is 9.84 Å². The van der Waals surface area contributed by atoms with Gasteiger partial charge in [0, 0.05) is 6.54 Å². The van der Waals surface area contributed by atoms with Crippen LogP contribution in [0.1, 0.15) is 40.0 Å². The number of aliphatic carboxylic acids is 1. The van der Waals surface area contributed by atoms with Crippen molar-refractivity contribution in [2.75, 3.05) is 6.54 Å². The van der Waals surface area contributed by atoms with Crippen LogP contribution in [-0.2, 0) is 9.53 Å². The van der Waals surface area contributed by atoms with Crippen molar-refractivity contribution >= 4 is 12.1 Å². The van der Waals surface area contributed by atoms with E-state index in [9.17, 15) is 14.7 Å². The first-order chi connectivity index (χ1) is 8.29. The minimum absolute atomic E-state index is 0.106. The molecule has 5 nitrogen and oxygen atoms in total. The molecule has 0 aromatic carbocycles. The lowest BCUT2D eigenvalue weighted by molar-refractivity contribution is -0.143. The predicted molar refractivity (Wildman–Crippen MR) is 65.2 cm³/mol. The minimum Gasteiger partial charge on any atom is -0.480 e. The maximum atomic E-state index is 12.0. The van der Waals surface area contributed by atoms with E-state index in [1.165, 1.54) is 4.90 Å². The second-order valence-corrected chi connectivity index (χ2v) is 6.27. The third-order valence-electron chi connectivity index (χ3n) is 3.77. The Bertz CT molecular complexity index is 360. The highest BCUT2D eigenvalue weighted by Crippen LogP contribution is 2.42. The average Bonchev–Trinajstić information content (AvgIpc) is 2.70. The van der Waals surface area contributed by atoms with Gasteiger partial charge in [-0.2, -0.15) is 0 Å². The summed E-state index contributed by atoms with van der Waals surface area (Å²) in [5.41, 5.74) is -0.585. The zero-order valence-corrected chi connectivity index (χ0v) is 11.2. The van der Waals surface area contributed by atoms with Crippen molar-refractivity contribution in [1.29, 1.82) is 0 Å². The molecule has 1 aliphatic heterocycles. The molecule has 0 unspecified atom stereocenters. The van der Waals surface area contributed by atoms with Crippen LogP contribution in [0.4, 0.5) is 4.79 Å². The third-order valence-corrected chi connectivity index (χ3v) is 3.77. The Morgan fingerprint density at radius 3 is 2.50 bits per heavy atom. The Morgan fingerprint density at radius 2 is 1.94 bits per heavy atom. The highest BCUT2D eigenvalue weighted by molar-refractivity contribution is 5.81. The first kappa shape index (κ1) is 13.2. The first-order valence-electron chi connectivity index (χ1n) is 6.52. The van der Waals surface area contributed by atoms with Crippen LogP contribution in [0.25, 0.3) is 0 Å². The molecule has 0 aromatic rings. The zero-order chi connectivity index (χ0) is 13.5. The monoisotopic (exact) mass is 255 g/mol. The average molecular weight is 255 g/mol. The lowest BCUT2D eigenvalue weighted by Gasteiger charge is -2.28. The number of carbonyl (C=O) groups excluding carboxylic acids is 1. The van der Waals surface area contributed by atoms with Crippen LogP contribution in [0, 0.1) is 11.8 Å². The second kappa shape index (κ2) is 4.44. The summed E-state index contributed by atoms with van der Waals surface area (Å²) in [5.74, 6) is -0.469. The molecule has 0 aromatic heterocycles. The third kappa shape index (κ3) is 2.44. The molecule has 0 spiro atoms. The number of nitrogens with zero attached hydrogens (tertiary/aromatic N) is 1. The quantitative estimate of drug-likeness (QED) is 0.779. The molecular formula is C13H21NO4. The second-order valence-electron chi connectivity index (χ2n) is 6.27. The summed E-state index contributed by atoms with van der Waals surface area (Å²) >= 11 is 0. The Kier molecular flexibility index (Phi) is 3.25. The molecule has 102 valence electrons. The molecule has 0 radical (unpaired) electrons. The number of likely N-dealkylation sites (tertiary alicyclic amines) is 1. The highest BCUT2D eigenvalue weighted by atomic mass is 16.6. The molecular weight excluding hydrogens is 234 g/mol. The van der Waals surface area contributed by atoms with E-state index < -0.39 is 23.7 Å². The Hall–Kier alpha value is -1.26. The van der Waals surface area contributed by atoms with E-state index in [0.29, 0.717) is 12.5 Å². The molecule has 1 saturated carbocycles. The smallest absolute Gasteiger partial charge is 0.411 e. The molecule has 1 saturated heterocycles. The summed E-state index contributed by atoms with van der Waals surface area (Å²) in [6.07, 6.45) is 2.50. The maximum Gasteiger partial charge on any atom is 0.411 e. The largest absolute Gasteiger partial charge is 0.480 e. The van der Waals surface area contributed by atoms with Gasteiger partial charge in [-0.3, -0.25) is 4.90 Å². The van der Waals surface area contributed by atoms with E-state index >= 15 is 0 Å². The van der Waals surface area contributed by atoms with E-state index in [-0.39, 0.29) is 5.92 Å².